The molecular formula is C20H23F3N2S. The van der Waals surface area contributed by atoms with E-state index >= 15 is 0 Å². The third-order valence-corrected chi connectivity index (χ3v) is 5.59. The summed E-state index contributed by atoms with van der Waals surface area (Å²) in [6.45, 7) is 3.63. The molecule has 0 saturated carbocycles. The van der Waals surface area contributed by atoms with Gasteiger partial charge in [0.05, 0.1) is 16.9 Å². The van der Waals surface area contributed by atoms with Crippen molar-refractivity contribution < 1.29 is 13.2 Å². The van der Waals surface area contributed by atoms with E-state index in [1.807, 2.05) is 13.1 Å². The molecule has 0 bridgehead atoms. The van der Waals surface area contributed by atoms with Crippen LogP contribution >= 0.6 is 11.8 Å². The second-order valence-electron chi connectivity index (χ2n) is 6.40. The van der Waals surface area contributed by atoms with E-state index < -0.39 is 11.7 Å². The number of fused-ring (bicyclic) bond motifs is 2. The van der Waals surface area contributed by atoms with Gasteiger partial charge in [-0.1, -0.05) is 37.2 Å². The Kier molecular flexibility index (Phi) is 5.82. The molecule has 0 radical (unpaired) electrons. The maximum Gasteiger partial charge on any atom is 0.416 e. The summed E-state index contributed by atoms with van der Waals surface area (Å²) >= 11 is 1.56. The Labute approximate surface area is 156 Å². The number of benzene rings is 2. The first-order chi connectivity index (χ1) is 12.5. The van der Waals surface area contributed by atoms with Gasteiger partial charge < -0.3 is 10.2 Å². The molecule has 0 unspecified atom stereocenters. The molecule has 140 valence electrons. The van der Waals surface area contributed by atoms with Crippen molar-refractivity contribution in [2.24, 2.45) is 0 Å². The Morgan fingerprint density at radius 1 is 1.12 bits per heavy atom. The van der Waals surface area contributed by atoms with Crippen LogP contribution in [-0.4, -0.2) is 20.1 Å². The van der Waals surface area contributed by atoms with Gasteiger partial charge in [0, 0.05) is 16.3 Å². The largest absolute Gasteiger partial charge is 0.416 e. The monoisotopic (exact) mass is 380 g/mol. The van der Waals surface area contributed by atoms with Crippen LogP contribution in [0, 0.1) is 0 Å². The minimum Gasteiger partial charge on any atom is -0.339 e. The van der Waals surface area contributed by atoms with Gasteiger partial charge in [-0.2, -0.15) is 13.2 Å². The molecule has 1 aliphatic heterocycles. The molecule has 3 rings (SSSR count). The van der Waals surface area contributed by atoms with Gasteiger partial charge in [-0.25, -0.2) is 0 Å². The first kappa shape index (κ1) is 19.1. The van der Waals surface area contributed by atoms with Crippen molar-refractivity contribution in [3.63, 3.8) is 0 Å². The molecule has 1 N–H and O–H groups in total. The maximum absolute atomic E-state index is 13.3. The van der Waals surface area contributed by atoms with Crippen molar-refractivity contribution in [2.45, 2.75) is 42.2 Å². The highest BCUT2D eigenvalue weighted by atomic mass is 32.2. The number of hydrogen-bond acceptors (Lipinski definition) is 3. The fourth-order valence-electron chi connectivity index (χ4n) is 3.30. The molecule has 0 aliphatic carbocycles. The number of para-hydroxylation sites is 1. The number of aryl methyl sites for hydroxylation is 1. The lowest BCUT2D eigenvalue weighted by atomic mass is 10.0. The van der Waals surface area contributed by atoms with Crippen LogP contribution < -0.4 is 10.2 Å². The lowest BCUT2D eigenvalue weighted by molar-refractivity contribution is -0.137. The van der Waals surface area contributed by atoms with Crippen LogP contribution in [0.25, 0.3) is 0 Å². The van der Waals surface area contributed by atoms with Crippen molar-refractivity contribution in [2.75, 3.05) is 25.0 Å². The van der Waals surface area contributed by atoms with E-state index in [9.17, 15) is 13.2 Å². The average molecular weight is 380 g/mol. The van der Waals surface area contributed by atoms with Crippen LogP contribution in [0.5, 0.6) is 0 Å². The normalized spacial score (nSPS) is 13.5. The second kappa shape index (κ2) is 7.92. The van der Waals surface area contributed by atoms with Gasteiger partial charge in [0.25, 0.3) is 0 Å². The third-order valence-electron chi connectivity index (χ3n) is 4.48. The zero-order valence-electron chi connectivity index (χ0n) is 15.0. The number of nitrogens with zero attached hydrogens (tertiary/aromatic N) is 1. The predicted molar refractivity (Wildman–Crippen MR) is 102 cm³/mol. The van der Waals surface area contributed by atoms with E-state index in [0.29, 0.717) is 12.2 Å². The lowest BCUT2D eigenvalue weighted by Crippen LogP contribution is -2.26. The number of hydrogen-bond donors (Lipinski definition) is 1. The molecule has 0 amide bonds. The first-order valence-electron chi connectivity index (χ1n) is 8.88. The summed E-state index contributed by atoms with van der Waals surface area (Å²) < 4.78 is 39.8. The molecular weight excluding hydrogens is 357 g/mol. The fraction of sp³-hybridized carbons (Fsp3) is 0.400. The van der Waals surface area contributed by atoms with Gasteiger partial charge in [0.15, 0.2) is 0 Å². The average Bonchev–Trinajstić information content (AvgIpc) is 2.60. The highest BCUT2D eigenvalue weighted by Gasteiger charge is 2.33. The number of anilines is 2. The molecule has 0 fully saturated rings. The minimum absolute atomic E-state index is 0.591. The van der Waals surface area contributed by atoms with E-state index in [1.165, 1.54) is 17.7 Å². The molecule has 0 saturated heterocycles. The quantitative estimate of drug-likeness (QED) is 0.631. The fourth-order valence-corrected chi connectivity index (χ4v) is 4.43. The number of alkyl halides is 3. The van der Waals surface area contributed by atoms with Gasteiger partial charge in [0.1, 0.15) is 0 Å². The molecule has 0 aromatic heterocycles. The highest BCUT2D eigenvalue weighted by molar-refractivity contribution is 7.99. The first-order valence-corrected chi connectivity index (χ1v) is 9.70. The topological polar surface area (TPSA) is 15.3 Å². The number of halogens is 3. The molecule has 2 nitrogen and oxygen atoms in total. The maximum atomic E-state index is 13.3. The van der Waals surface area contributed by atoms with Crippen molar-refractivity contribution in [3.8, 4) is 0 Å². The van der Waals surface area contributed by atoms with Crippen LogP contribution in [0.3, 0.4) is 0 Å². The summed E-state index contributed by atoms with van der Waals surface area (Å²) in [5.74, 6) is 0. The van der Waals surface area contributed by atoms with Gasteiger partial charge in [-0.3, -0.25) is 0 Å². The highest BCUT2D eigenvalue weighted by Crippen LogP contribution is 2.51. The van der Waals surface area contributed by atoms with E-state index in [-0.39, 0.29) is 0 Å². The lowest BCUT2D eigenvalue weighted by Gasteiger charge is -2.35. The molecule has 1 heterocycles. The van der Waals surface area contributed by atoms with Crippen LogP contribution in [-0.2, 0) is 12.6 Å². The van der Waals surface area contributed by atoms with Gasteiger partial charge in [-0.15, -0.1) is 0 Å². The molecule has 6 heteroatoms. The predicted octanol–water partition coefficient (Wildman–Crippen LogP) is 5.87. The molecule has 2 aromatic carbocycles. The van der Waals surface area contributed by atoms with Crippen LogP contribution in [0.2, 0.25) is 0 Å². The third kappa shape index (κ3) is 3.86. The smallest absolute Gasteiger partial charge is 0.339 e. The van der Waals surface area contributed by atoms with Crippen LogP contribution in [0.15, 0.2) is 46.2 Å². The molecule has 1 aliphatic rings. The molecule has 26 heavy (non-hydrogen) atoms. The van der Waals surface area contributed by atoms with Crippen molar-refractivity contribution in [3.05, 3.63) is 47.5 Å². The minimum atomic E-state index is -4.33. The zero-order chi connectivity index (χ0) is 18.7. The Morgan fingerprint density at radius 3 is 2.62 bits per heavy atom. The van der Waals surface area contributed by atoms with Crippen molar-refractivity contribution in [1.82, 2.24) is 5.32 Å². The standard InChI is InChI=1S/C20H23F3N2S/c1-3-6-14-7-4-8-18-19(14)25(12-5-11-24-2)16-13-15(20(21,22)23)9-10-17(16)26-18/h4,7-10,13,24H,3,5-6,11-12H2,1-2H3. The van der Waals surface area contributed by atoms with E-state index in [4.69, 9.17) is 0 Å². The van der Waals surface area contributed by atoms with E-state index in [0.717, 1.165) is 41.3 Å². The molecule has 0 spiro atoms. The van der Waals surface area contributed by atoms with E-state index in [2.05, 4.69) is 29.3 Å². The van der Waals surface area contributed by atoms with Crippen molar-refractivity contribution >= 4 is 23.1 Å². The number of rotatable bonds is 6. The summed E-state index contributed by atoms with van der Waals surface area (Å²) in [5.41, 5.74) is 2.34. The summed E-state index contributed by atoms with van der Waals surface area (Å²) in [7, 11) is 1.89. The second-order valence-corrected chi connectivity index (χ2v) is 7.49. The Balaban J connectivity index is 2.09. The van der Waals surface area contributed by atoms with E-state index in [1.54, 1.807) is 17.8 Å². The Morgan fingerprint density at radius 2 is 1.92 bits per heavy atom. The summed E-state index contributed by atoms with van der Waals surface area (Å²) in [5, 5.41) is 3.12. The number of nitrogens with one attached hydrogen (secondary N) is 1. The summed E-state index contributed by atoms with van der Waals surface area (Å²) in [6.07, 6.45) is -1.56. The van der Waals surface area contributed by atoms with Crippen molar-refractivity contribution in [1.29, 1.82) is 0 Å². The van der Waals surface area contributed by atoms with Gasteiger partial charge >= 0.3 is 6.18 Å². The Bertz CT molecular complexity index is 774. The van der Waals surface area contributed by atoms with Crippen LogP contribution in [0.4, 0.5) is 24.5 Å². The Hall–Kier alpha value is -1.66. The summed E-state index contributed by atoms with van der Waals surface area (Å²) in [4.78, 5) is 4.08. The summed E-state index contributed by atoms with van der Waals surface area (Å²) in [6, 6.07) is 10.3. The van der Waals surface area contributed by atoms with Crippen LogP contribution in [0.1, 0.15) is 30.9 Å². The molecule has 0 atom stereocenters. The van der Waals surface area contributed by atoms with Gasteiger partial charge in [0.2, 0.25) is 0 Å². The zero-order valence-corrected chi connectivity index (χ0v) is 15.8. The van der Waals surface area contributed by atoms with Gasteiger partial charge in [-0.05, 0) is 56.3 Å². The SMILES string of the molecule is CCCc1cccc2c1N(CCCNC)c1cc(C(F)(F)F)ccc1S2. The molecule has 2 aromatic rings.